The van der Waals surface area contributed by atoms with E-state index in [0.717, 1.165) is 0 Å². The van der Waals surface area contributed by atoms with Crippen molar-refractivity contribution in [1.82, 2.24) is 4.90 Å². The molecule has 0 saturated heterocycles. The number of rotatable bonds is 7. The third-order valence-corrected chi connectivity index (χ3v) is 3.01. The fourth-order valence-corrected chi connectivity index (χ4v) is 1.90. The molecule has 0 heterocycles. The minimum absolute atomic E-state index is 0.0298. The molecule has 0 atom stereocenters. The van der Waals surface area contributed by atoms with Crippen LogP contribution in [-0.2, 0) is 16.0 Å². The van der Waals surface area contributed by atoms with Crippen LogP contribution < -0.4 is 0 Å². The smallest absolute Gasteiger partial charge is 0.305 e. The molecule has 0 aliphatic heterocycles. The number of nitro groups is 1. The van der Waals surface area contributed by atoms with Crippen LogP contribution in [0.3, 0.4) is 0 Å². The first kappa shape index (κ1) is 16.6. The zero-order valence-corrected chi connectivity index (χ0v) is 12.0. The van der Waals surface area contributed by atoms with Crippen molar-refractivity contribution in [2.45, 2.75) is 32.7 Å². The number of carbonyl (C=O) groups excluding carboxylic acids is 1. The van der Waals surface area contributed by atoms with Gasteiger partial charge < -0.3 is 10.0 Å². The standard InChI is InChI=1S/C14H18N2O5/c1-10(2)15(8-7-14(18)19)13(17)9-11-3-5-12(6-4-11)16(20)21/h3-6,10H,7-9H2,1-2H3,(H,18,19). The molecule has 1 aromatic rings. The number of nitrogens with zero attached hydrogens (tertiary/aromatic N) is 2. The topological polar surface area (TPSA) is 101 Å². The van der Waals surface area contributed by atoms with Gasteiger partial charge in [0, 0.05) is 24.7 Å². The Morgan fingerprint density at radius 3 is 2.29 bits per heavy atom. The van der Waals surface area contributed by atoms with Gasteiger partial charge in [-0.2, -0.15) is 0 Å². The molecular formula is C14H18N2O5. The van der Waals surface area contributed by atoms with E-state index in [1.54, 1.807) is 0 Å². The lowest BCUT2D eigenvalue weighted by molar-refractivity contribution is -0.384. The van der Waals surface area contributed by atoms with Gasteiger partial charge in [-0.05, 0) is 19.4 Å². The molecule has 0 fully saturated rings. The van der Waals surface area contributed by atoms with Gasteiger partial charge >= 0.3 is 5.97 Å². The summed E-state index contributed by atoms with van der Waals surface area (Å²) in [7, 11) is 0. The van der Waals surface area contributed by atoms with E-state index in [1.807, 2.05) is 13.8 Å². The number of carbonyl (C=O) groups is 2. The number of benzene rings is 1. The van der Waals surface area contributed by atoms with Crippen LogP contribution in [0.25, 0.3) is 0 Å². The molecule has 0 aliphatic carbocycles. The molecule has 114 valence electrons. The van der Waals surface area contributed by atoms with E-state index in [1.165, 1.54) is 29.2 Å². The van der Waals surface area contributed by atoms with Crippen LogP contribution in [0.1, 0.15) is 25.8 Å². The second kappa shape index (κ2) is 7.37. The summed E-state index contributed by atoms with van der Waals surface area (Å²) in [6, 6.07) is 5.66. The van der Waals surface area contributed by atoms with Gasteiger partial charge in [0.1, 0.15) is 0 Å². The number of hydrogen-bond acceptors (Lipinski definition) is 4. The molecular weight excluding hydrogens is 276 g/mol. The van der Waals surface area contributed by atoms with Gasteiger partial charge in [-0.1, -0.05) is 12.1 Å². The quantitative estimate of drug-likeness (QED) is 0.611. The summed E-state index contributed by atoms with van der Waals surface area (Å²) in [6.45, 7) is 3.78. The zero-order chi connectivity index (χ0) is 16.0. The lowest BCUT2D eigenvalue weighted by atomic mass is 10.1. The first-order valence-corrected chi connectivity index (χ1v) is 6.56. The summed E-state index contributed by atoms with van der Waals surface area (Å²) in [4.78, 5) is 34.3. The highest BCUT2D eigenvalue weighted by molar-refractivity contribution is 5.79. The summed E-state index contributed by atoms with van der Waals surface area (Å²) < 4.78 is 0. The maximum atomic E-state index is 12.2. The Labute approximate surface area is 122 Å². The van der Waals surface area contributed by atoms with Crippen molar-refractivity contribution in [2.75, 3.05) is 6.54 Å². The van der Waals surface area contributed by atoms with E-state index in [-0.39, 0.29) is 37.0 Å². The predicted molar refractivity (Wildman–Crippen MR) is 75.9 cm³/mol. The highest BCUT2D eigenvalue weighted by atomic mass is 16.6. The molecule has 0 bridgehead atoms. The SMILES string of the molecule is CC(C)N(CCC(=O)O)C(=O)Cc1ccc([N+](=O)[O-])cc1. The number of aliphatic carboxylic acids is 1. The molecule has 0 spiro atoms. The van der Waals surface area contributed by atoms with E-state index >= 15 is 0 Å². The van der Waals surface area contributed by atoms with E-state index in [0.29, 0.717) is 5.56 Å². The van der Waals surface area contributed by atoms with Gasteiger partial charge in [0.05, 0.1) is 17.8 Å². The molecule has 7 heteroatoms. The molecule has 1 rings (SSSR count). The van der Waals surface area contributed by atoms with Gasteiger partial charge in [0.2, 0.25) is 5.91 Å². The average molecular weight is 294 g/mol. The molecule has 0 unspecified atom stereocenters. The monoisotopic (exact) mass is 294 g/mol. The summed E-state index contributed by atoms with van der Waals surface area (Å²) >= 11 is 0. The third-order valence-electron chi connectivity index (χ3n) is 3.01. The molecule has 0 saturated carbocycles. The zero-order valence-electron chi connectivity index (χ0n) is 12.0. The van der Waals surface area contributed by atoms with Crippen LogP contribution in [0.15, 0.2) is 24.3 Å². The Balaban J connectivity index is 2.72. The summed E-state index contributed by atoms with van der Waals surface area (Å²) in [5.74, 6) is -1.15. The fraction of sp³-hybridized carbons (Fsp3) is 0.429. The summed E-state index contributed by atoms with van der Waals surface area (Å²) in [5.41, 5.74) is 0.629. The normalized spacial score (nSPS) is 10.4. The molecule has 0 aliphatic rings. The number of carboxylic acids is 1. The van der Waals surface area contributed by atoms with Crippen LogP contribution in [0, 0.1) is 10.1 Å². The van der Waals surface area contributed by atoms with E-state index in [2.05, 4.69) is 0 Å². The average Bonchev–Trinajstić information content (AvgIpc) is 2.38. The van der Waals surface area contributed by atoms with Crippen LogP contribution in [-0.4, -0.2) is 39.4 Å². The fourth-order valence-electron chi connectivity index (χ4n) is 1.90. The Kier molecular flexibility index (Phi) is 5.83. The molecule has 1 amide bonds. The maximum absolute atomic E-state index is 12.2. The number of amides is 1. The van der Waals surface area contributed by atoms with Crippen LogP contribution in [0.5, 0.6) is 0 Å². The Hall–Kier alpha value is -2.44. The Morgan fingerprint density at radius 1 is 1.29 bits per heavy atom. The van der Waals surface area contributed by atoms with Crippen LogP contribution in [0.4, 0.5) is 5.69 Å². The number of hydrogen-bond donors (Lipinski definition) is 1. The second-order valence-corrected chi connectivity index (χ2v) is 4.92. The second-order valence-electron chi connectivity index (χ2n) is 4.92. The van der Waals surface area contributed by atoms with Gasteiger partial charge in [-0.15, -0.1) is 0 Å². The lowest BCUT2D eigenvalue weighted by Gasteiger charge is -2.26. The summed E-state index contributed by atoms with van der Waals surface area (Å²) in [5, 5.41) is 19.3. The minimum Gasteiger partial charge on any atom is -0.481 e. The molecule has 0 aromatic heterocycles. The van der Waals surface area contributed by atoms with Crippen LogP contribution in [0.2, 0.25) is 0 Å². The highest BCUT2D eigenvalue weighted by Crippen LogP contribution is 2.13. The lowest BCUT2D eigenvalue weighted by Crippen LogP contribution is -2.39. The highest BCUT2D eigenvalue weighted by Gasteiger charge is 2.18. The maximum Gasteiger partial charge on any atom is 0.305 e. The van der Waals surface area contributed by atoms with Crippen molar-refractivity contribution in [1.29, 1.82) is 0 Å². The van der Waals surface area contributed by atoms with Crippen molar-refractivity contribution < 1.29 is 19.6 Å². The van der Waals surface area contributed by atoms with Crippen molar-refractivity contribution in [3.8, 4) is 0 Å². The van der Waals surface area contributed by atoms with Gasteiger partial charge in [-0.3, -0.25) is 19.7 Å². The predicted octanol–water partition coefficient (Wildman–Crippen LogP) is 1.85. The molecule has 7 nitrogen and oxygen atoms in total. The van der Waals surface area contributed by atoms with Crippen molar-refractivity contribution in [2.24, 2.45) is 0 Å². The molecule has 1 aromatic carbocycles. The van der Waals surface area contributed by atoms with Gasteiger partial charge in [0.25, 0.3) is 5.69 Å². The number of carboxylic acid groups (broad SMARTS) is 1. The number of non-ortho nitro benzene ring substituents is 1. The molecule has 0 radical (unpaired) electrons. The number of nitro benzene ring substituents is 1. The van der Waals surface area contributed by atoms with E-state index in [9.17, 15) is 19.7 Å². The van der Waals surface area contributed by atoms with Crippen molar-refractivity contribution in [3.05, 3.63) is 39.9 Å². The van der Waals surface area contributed by atoms with Crippen molar-refractivity contribution >= 4 is 17.6 Å². The van der Waals surface area contributed by atoms with E-state index in [4.69, 9.17) is 5.11 Å². The van der Waals surface area contributed by atoms with E-state index < -0.39 is 10.9 Å². The van der Waals surface area contributed by atoms with Gasteiger partial charge in [-0.25, -0.2) is 0 Å². The Bertz CT molecular complexity index is 525. The van der Waals surface area contributed by atoms with Gasteiger partial charge in [0.15, 0.2) is 0 Å². The summed E-state index contributed by atoms with van der Waals surface area (Å²) in [6.07, 6.45) is -0.0139. The molecule has 21 heavy (non-hydrogen) atoms. The van der Waals surface area contributed by atoms with Crippen molar-refractivity contribution in [3.63, 3.8) is 0 Å². The first-order chi connectivity index (χ1) is 9.81. The Morgan fingerprint density at radius 2 is 1.86 bits per heavy atom. The minimum atomic E-state index is -0.955. The third kappa shape index (κ3) is 5.21. The first-order valence-electron chi connectivity index (χ1n) is 6.56. The largest absolute Gasteiger partial charge is 0.481 e. The molecule has 1 N–H and O–H groups in total. The van der Waals surface area contributed by atoms with Crippen LogP contribution >= 0.6 is 0 Å².